The van der Waals surface area contributed by atoms with E-state index in [1.807, 2.05) is 6.20 Å². The molecule has 2 aromatic heterocycles. The highest BCUT2D eigenvalue weighted by molar-refractivity contribution is 7.15. The highest BCUT2D eigenvalue weighted by atomic mass is 32.1. The lowest BCUT2D eigenvalue weighted by atomic mass is 9.85. The smallest absolute Gasteiger partial charge is 0.308 e. The molecule has 0 aliphatic heterocycles. The van der Waals surface area contributed by atoms with Crippen LogP contribution >= 0.6 is 11.3 Å². The van der Waals surface area contributed by atoms with Gasteiger partial charge in [0.05, 0.1) is 5.52 Å². The number of carbonyl (C=O) groups excluding carboxylic acids is 1. The van der Waals surface area contributed by atoms with E-state index in [9.17, 15) is 4.79 Å². The molecule has 2 amide bonds. The van der Waals surface area contributed by atoms with Gasteiger partial charge < -0.3 is 5.32 Å². The number of H-pyrrole nitrogens is 1. The van der Waals surface area contributed by atoms with Crippen LogP contribution in [0.1, 0.15) is 30.1 Å². The molecular formula is C14H14N6OS. The molecule has 1 aromatic carbocycles. The highest BCUT2D eigenvalue weighted by Gasteiger charge is 2.22. The molecule has 22 heavy (non-hydrogen) atoms. The number of thiazole rings is 1. The van der Waals surface area contributed by atoms with E-state index in [1.54, 1.807) is 29.5 Å². The van der Waals surface area contributed by atoms with Gasteiger partial charge in [0.25, 0.3) is 0 Å². The lowest BCUT2D eigenvalue weighted by Crippen LogP contribution is -2.19. The van der Waals surface area contributed by atoms with Gasteiger partial charge in [-0.3, -0.25) is 10.4 Å². The molecule has 0 saturated heterocycles. The van der Waals surface area contributed by atoms with E-state index < -0.39 is 0 Å². The average Bonchev–Trinajstić information content (AvgIpc) is 3.05. The normalized spacial score (nSPS) is 14.7. The molecule has 1 aliphatic carbocycles. The first-order valence-corrected chi connectivity index (χ1v) is 7.94. The molecule has 0 bridgehead atoms. The van der Waals surface area contributed by atoms with Crippen molar-refractivity contribution in [2.45, 2.75) is 25.2 Å². The maximum absolute atomic E-state index is 12.0. The Hall–Kier alpha value is -2.48. The Morgan fingerprint density at radius 2 is 2.23 bits per heavy atom. The van der Waals surface area contributed by atoms with E-state index in [0.29, 0.717) is 16.7 Å². The number of nitrogens with zero attached hydrogens (tertiary/aromatic N) is 3. The molecule has 1 aliphatic rings. The van der Waals surface area contributed by atoms with Crippen molar-refractivity contribution in [2.24, 2.45) is 0 Å². The number of aromatic amines is 1. The second kappa shape index (κ2) is 5.38. The molecule has 7 nitrogen and oxygen atoms in total. The number of carbonyl (C=O) groups is 1. The van der Waals surface area contributed by atoms with Crippen molar-refractivity contribution in [1.29, 1.82) is 0 Å². The quantitative estimate of drug-likeness (QED) is 0.691. The molecule has 1 saturated carbocycles. The van der Waals surface area contributed by atoms with Crippen LogP contribution < -0.4 is 10.6 Å². The number of hydrogen-bond acceptors (Lipinski definition) is 5. The third-order valence-electron chi connectivity index (χ3n) is 3.83. The summed E-state index contributed by atoms with van der Waals surface area (Å²) in [6, 6.07) is 5.07. The van der Waals surface area contributed by atoms with Crippen LogP contribution in [0.2, 0.25) is 0 Å². The fraction of sp³-hybridized carbons (Fsp3) is 0.286. The lowest BCUT2D eigenvalue weighted by molar-refractivity contribution is 0.262. The number of nitrogens with one attached hydrogen (secondary N) is 3. The van der Waals surface area contributed by atoms with Gasteiger partial charge in [-0.25, -0.2) is 9.78 Å². The van der Waals surface area contributed by atoms with Crippen LogP contribution in [0.4, 0.5) is 15.6 Å². The van der Waals surface area contributed by atoms with Crippen molar-refractivity contribution >= 4 is 39.2 Å². The Bertz CT molecular complexity index is 821. The first-order chi connectivity index (χ1) is 10.8. The van der Waals surface area contributed by atoms with Crippen LogP contribution in [0.3, 0.4) is 0 Å². The van der Waals surface area contributed by atoms with Crippen molar-refractivity contribution < 1.29 is 4.79 Å². The minimum Gasteiger partial charge on any atom is -0.308 e. The molecule has 3 aromatic rings. The third kappa shape index (κ3) is 2.52. The highest BCUT2D eigenvalue weighted by Crippen LogP contribution is 2.39. The first kappa shape index (κ1) is 13.2. The number of fused-ring (bicyclic) bond motifs is 1. The number of anilines is 2. The molecule has 8 heteroatoms. The summed E-state index contributed by atoms with van der Waals surface area (Å²) >= 11 is 1.55. The monoisotopic (exact) mass is 314 g/mol. The number of benzene rings is 1. The summed E-state index contributed by atoms with van der Waals surface area (Å²) in [5.74, 6) is 0.631. The molecule has 112 valence electrons. The first-order valence-electron chi connectivity index (χ1n) is 7.12. The minimum absolute atomic E-state index is 0.304. The van der Waals surface area contributed by atoms with E-state index in [0.717, 1.165) is 11.0 Å². The van der Waals surface area contributed by atoms with Crippen LogP contribution in [-0.4, -0.2) is 26.4 Å². The number of aromatic nitrogens is 4. The predicted molar refractivity (Wildman–Crippen MR) is 85.2 cm³/mol. The van der Waals surface area contributed by atoms with Crippen molar-refractivity contribution in [1.82, 2.24) is 20.4 Å². The summed E-state index contributed by atoms with van der Waals surface area (Å²) in [7, 11) is 0. The average molecular weight is 314 g/mol. The van der Waals surface area contributed by atoms with E-state index in [-0.39, 0.29) is 6.03 Å². The SMILES string of the molecule is O=C(Nc1ccc2nn[nH]c2c1)Nc1ncc(C2CCC2)s1. The van der Waals surface area contributed by atoms with Crippen LogP contribution in [-0.2, 0) is 0 Å². The van der Waals surface area contributed by atoms with Crippen molar-refractivity contribution in [2.75, 3.05) is 10.6 Å². The van der Waals surface area contributed by atoms with Gasteiger partial charge in [-0.2, -0.15) is 0 Å². The van der Waals surface area contributed by atoms with Crippen LogP contribution in [0.5, 0.6) is 0 Å². The predicted octanol–water partition coefficient (Wildman–Crippen LogP) is 3.33. The minimum atomic E-state index is -0.304. The van der Waals surface area contributed by atoms with Gasteiger partial charge in [0.1, 0.15) is 5.52 Å². The van der Waals surface area contributed by atoms with Crippen molar-refractivity contribution in [3.05, 3.63) is 29.3 Å². The van der Waals surface area contributed by atoms with E-state index in [2.05, 4.69) is 31.0 Å². The molecule has 1 fully saturated rings. The van der Waals surface area contributed by atoms with E-state index in [4.69, 9.17) is 0 Å². The third-order valence-corrected chi connectivity index (χ3v) is 4.91. The topological polar surface area (TPSA) is 95.6 Å². The molecular weight excluding hydrogens is 300 g/mol. The summed E-state index contributed by atoms with van der Waals surface area (Å²) in [6.07, 6.45) is 5.61. The standard InChI is InChI=1S/C14H14N6OS/c21-13(16-9-4-5-10-11(6-9)19-20-18-10)17-14-15-7-12(22-14)8-2-1-3-8/h4-8H,1-3H2,(H,18,19,20)(H2,15,16,17,21). The zero-order valence-corrected chi connectivity index (χ0v) is 12.5. The van der Waals surface area contributed by atoms with Gasteiger partial charge in [0.2, 0.25) is 0 Å². The Kier molecular flexibility index (Phi) is 3.23. The molecule has 0 radical (unpaired) electrons. The Balaban J connectivity index is 1.42. The Morgan fingerprint density at radius 1 is 1.32 bits per heavy atom. The number of amides is 2. The fourth-order valence-electron chi connectivity index (χ4n) is 2.41. The zero-order valence-electron chi connectivity index (χ0n) is 11.7. The Labute approximate surface area is 130 Å². The van der Waals surface area contributed by atoms with Crippen LogP contribution in [0, 0.1) is 0 Å². The summed E-state index contributed by atoms with van der Waals surface area (Å²) in [6.45, 7) is 0. The van der Waals surface area contributed by atoms with E-state index in [1.165, 1.54) is 24.1 Å². The molecule has 2 heterocycles. The molecule has 0 atom stereocenters. The lowest BCUT2D eigenvalue weighted by Gasteiger charge is -2.23. The van der Waals surface area contributed by atoms with Gasteiger partial charge in [0.15, 0.2) is 5.13 Å². The molecule has 0 unspecified atom stereocenters. The number of rotatable bonds is 3. The number of hydrogen-bond donors (Lipinski definition) is 3. The van der Waals surface area contributed by atoms with Gasteiger partial charge in [-0.15, -0.1) is 16.4 Å². The number of urea groups is 1. The van der Waals surface area contributed by atoms with Crippen LogP contribution in [0.15, 0.2) is 24.4 Å². The molecule has 0 spiro atoms. The maximum Gasteiger partial charge on any atom is 0.325 e. The van der Waals surface area contributed by atoms with Crippen molar-refractivity contribution in [3.8, 4) is 0 Å². The maximum atomic E-state index is 12.0. The molecule has 4 rings (SSSR count). The van der Waals surface area contributed by atoms with Gasteiger partial charge in [0, 0.05) is 16.8 Å². The van der Waals surface area contributed by atoms with Gasteiger partial charge in [-0.1, -0.05) is 11.6 Å². The molecule has 3 N–H and O–H groups in total. The summed E-state index contributed by atoms with van der Waals surface area (Å²) in [5, 5.41) is 16.6. The Morgan fingerprint density at radius 3 is 3.05 bits per heavy atom. The van der Waals surface area contributed by atoms with Gasteiger partial charge >= 0.3 is 6.03 Å². The summed E-state index contributed by atoms with van der Waals surface area (Å²) in [5.41, 5.74) is 2.21. The summed E-state index contributed by atoms with van der Waals surface area (Å²) < 4.78 is 0. The summed E-state index contributed by atoms with van der Waals surface area (Å²) in [4.78, 5) is 17.5. The van der Waals surface area contributed by atoms with Crippen LogP contribution in [0.25, 0.3) is 11.0 Å². The fourth-order valence-corrected chi connectivity index (χ4v) is 3.39. The second-order valence-electron chi connectivity index (χ2n) is 5.32. The largest absolute Gasteiger partial charge is 0.325 e. The van der Waals surface area contributed by atoms with E-state index >= 15 is 0 Å². The second-order valence-corrected chi connectivity index (χ2v) is 6.38. The van der Waals surface area contributed by atoms with Crippen molar-refractivity contribution in [3.63, 3.8) is 0 Å². The van der Waals surface area contributed by atoms with Gasteiger partial charge in [-0.05, 0) is 37.0 Å². The zero-order chi connectivity index (χ0) is 14.9.